The summed E-state index contributed by atoms with van der Waals surface area (Å²) in [5.74, 6) is -3.27. The summed E-state index contributed by atoms with van der Waals surface area (Å²) in [6.45, 7) is 0. The van der Waals surface area contributed by atoms with E-state index in [1.165, 1.54) is 30.3 Å². The van der Waals surface area contributed by atoms with E-state index in [9.17, 15) is 14.0 Å². The number of benzene rings is 3. The van der Waals surface area contributed by atoms with Gasteiger partial charge in [0.25, 0.3) is 5.91 Å². The number of carbonyl (C=O) groups is 2. The maximum atomic E-state index is 14.2. The molecule has 1 fully saturated rings. The van der Waals surface area contributed by atoms with Crippen molar-refractivity contribution in [2.24, 2.45) is 5.92 Å². The largest absolute Gasteiger partial charge is 0.326 e. The third-order valence-corrected chi connectivity index (χ3v) is 7.47. The summed E-state index contributed by atoms with van der Waals surface area (Å²) >= 11 is 31.0. The van der Waals surface area contributed by atoms with E-state index in [1.54, 1.807) is 18.2 Å². The first-order chi connectivity index (χ1) is 16.5. The van der Waals surface area contributed by atoms with Crippen LogP contribution >= 0.6 is 58.0 Å². The molecule has 0 heterocycles. The Morgan fingerprint density at radius 2 is 1.63 bits per heavy atom. The van der Waals surface area contributed by atoms with Crippen LogP contribution in [-0.2, 0) is 4.79 Å². The molecule has 0 spiro atoms. The summed E-state index contributed by atoms with van der Waals surface area (Å²) in [7, 11) is 0. The monoisotopic (exact) mass is 569 g/mol. The summed E-state index contributed by atoms with van der Waals surface area (Å²) in [5.41, 5.74) is 0.889. The minimum Gasteiger partial charge on any atom is -0.326 e. The first-order valence-corrected chi connectivity index (χ1v) is 11.9. The fraction of sp³-hybridized carbons (Fsp3) is 0.125. The van der Waals surface area contributed by atoms with Gasteiger partial charge in [0.05, 0.1) is 43.9 Å². The fourth-order valence-corrected chi connectivity index (χ4v) is 4.98. The molecular formula is C24H13Cl5FN3O2. The van der Waals surface area contributed by atoms with Crippen molar-refractivity contribution in [1.29, 1.82) is 5.26 Å². The van der Waals surface area contributed by atoms with Gasteiger partial charge in [0.1, 0.15) is 10.2 Å². The second kappa shape index (κ2) is 9.85. The van der Waals surface area contributed by atoms with Crippen molar-refractivity contribution in [3.8, 4) is 6.07 Å². The SMILES string of the molecule is N#Cc1ccc(NC(=O)c2cc(NC(=O)[C@H]3[C@H](c4ccc(Cl)c(Cl)c4)C3(Cl)Cl)ccc2Cl)c(F)c1. The molecule has 0 aliphatic heterocycles. The van der Waals surface area contributed by atoms with Crippen LogP contribution < -0.4 is 10.6 Å². The molecule has 1 saturated carbocycles. The number of carbonyl (C=O) groups excluding carboxylic acids is 2. The Morgan fingerprint density at radius 1 is 0.914 bits per heavy atom. The zero-order valence-corrected chi connectivity index (χ0v) is 21.2. The van der Waals surface area contributed by atoms with Crippen LogP contribution in [0.5, 0.6) is 0 Å². The summed E-state index contributed by atoms with van der Waals surface area (Å²) in [6.07, 6.45) is 0. The molecule has 0 saturated heterocycles. The van der Waals surface area contributed by atoms with Gasteiger partial charge in [-0.25, -0.2) is 4.39 Å². The van der Waals surface area contributed by atoms with Crippen LogP contribution in [0.3, 0.4) is 0 Å². The number of halogens is 6. The van der Waals surface area contributed by atoms with Gasteiger partial charge in [-0.05, 0) is 54.1 Å². The molecule has 11 heteroatoms. The smallest absolute Gasteiger partial charge is 0.257 e. The highest BCUT2D eigenvalue weighted by atomic mass is 35.5. The molecule has 2 amide bonds. The summed E-state index contributed by atoms with van der Waals surface area (Å²) in [6, 6.07) is 14.6. The van der Waals surface area contributed by atoms with E-state index in [0.29, 0.717) is 15.6 Å². The van der Waals surface area contributed by atoms with E-state index < -0.39 is 33.8 Å². The van der Waals surface area contributed by atoms with Crippen molar-refractivity contribution in [2.75, 3.05) is 10.6 Å². The van der Waals surface area contributed by atoms with Gasteiger partial charge in [0.15, 0.2) is 0 Å². The van der Waals surface area contributed by atoms with E-state index in [1.807, 2.05) is 6.07 Å². The fourth-order valence-electron chi connectivity index (χ4n) is 3.65. The first kappa shape index (κ1) is 25.6. The first-order valence-electron chi connectivity index (χ1n) is 9.97. The Kier molecular flexibility index (Phi) is 7.19. The molecule has 3 aromatic carbocycles. The number of rotatable bonds is 5. The predicted octanol–water partition coefficient (Wildman–Crippen LogP) is 7.44. The Morgan fingerprint density at radius 3 is 2.29 bits per heavy atom. The van der Waals surface area contributed by atoms with E-state index in [0.717, 1.165) is 6.07 Å². The van der Waals surface area contributed by atoms with Gasteiger partial charge in [0.2, 0.25) is 5.91 Å². The van der Waals surface area contributed by atoms with Gasteiger partial charge in [-0.1, -0.05) is 40.9 Å². The number of nitrogens with one attached hydrogen (secondary N) is 2. The molecule has 0 radical (unpaired) electrons. The molecule has 1 aliphatic carbocycles. The van der Waals surface area contributed by atoms with Crippen molar-refractivity contribution in [2.45, 2.75) is 10.3 Å². The minimum atomic E-state index is -1.36. The highest BCUT2D eigenvalue weighted by molar-refractivity contribution is 6.53. The van der Waals surface area contributed by atoms with Crippen molar-refractivity contribution in [3.63, 3.8) is 0 Å². The topological polar surface area (TPSA) is 82.0 Å². The van der Waals surface area contributed by atoms with Crippen molar-refractivity contribution < 1.29 is 14.0 Å². The Balaban J connectivity index is 1.51. The number of hydrogen-bond donors (Lipinski definition) is 2. The molecule has 3 aromatic rings. The molecule has 4 rings (SSSR count). The molecule has 0 aromatic heterocycles. The van der Waals surface area contributed by atoms with Gasteiger partial charge in [-0.15, -0.1) is 23.2 Å². The third-order valence-electron chi connectivity index (χ3n) is 5.46. The normalized spacial score (nSPS) is 17.9. The van der Waals surface area contributed by atoms with Gasteiger partial charge in [-0.3, -0.25) is 9.59 Å². The van der Waals surface area contributed by atoms with Crippen LogP contribution in [0.2, 0.25) is 15.1 Å². The quantitative estimate of drug-likeness (QED) is 0.313. The van der Waals surface area contributed by atoms with Gasteiger partial charge in [0, 0.05) is 11.6 Å². The van der Waals surface area contributed by atoms with Crippen molar-refractivity contribution in [3.05, 3.63) is 92.2 Å². The van der Waals surface area contributed by atoms with Crippen LogP contribution in [-0.4, -0.2) is 16.1 Å². The van der Waals surface area contributed by atoms with Gasteiger partial charge < -0.3 is 10.6 Å². The molecule has 2 atom stereocenters. The lowest BCUT2D eigenvalue weighted by Gasteiger charge is -2.11. The van der Waals surface area contributed by atoms with Crippen LogP contribution in [0.1, 0.15) is 27.4 Å². The number of hydrogen-bond acceptors (Lipinski definition) is 3. The minimum absolute atomic E-state index is 0.00642. The molecule has 1 aliphatic rings. The van der Waals surface area contributed by atoms with E-state index >= 15 is 0 Å². The molecule has 5 nitrogen and oxygen atoms in total. The number of nitrogens with zero attached hydrogens (tertiary/aromatic N) is 1. The molecule has 35 heavy (non-hydrogen) atoms. The predicted molar refractivity (Wildman–Crippen MR) is 136 cm³/mol. The number of anilines is 2. The molecule has 178 valence electrons. The van der Waals surface area contributed by atoms with Crippen LogP contribution in [0.4, 0.5) is 15.8 Å². The van der Waals surface area contributed by atoms with Crippen LogP contribution in [0.25, 0.3) is 0 Å². The molecular weight excluding hydrogens is 559 g/mol. The standard InChI is InChI=1S/C24H13Cl5FN3O2/c25-15-5-3-13(9-14(15)22(34)33-19-6-1-11(10-31)7-18(19)30)32-23(35)21-20(24(21,28)29)12-2-4-16(26)17(27)8-12/h1-9,20-21H,(H,32,35)(H,33,34)/t20-,21+/m0/s1. The van der Waals surface area contributed by atoms with Gasteiger partial charge >= 0.3 is 0 Å². The third kappa shape index (κ3) is 5.20. The molecule has 2 N–H and O–H groups in total. The Hall–Kier alpha value is -2.53. The van der Waals surface area contributed by atoms with E-state index in [4.69, 9.17) is 63.3 Å². The summed E-state index contributed by atoms with van der Waals surface area (Å²) < 4.78 is 12.8. The van der Waals surface area contributed by atoms with Crippen LogP contribution in [0, 0.1) is 23.1 Å². The maximum Gasteiger partial charge on any atom is 0.257 e. The average Bonchev–Trinajstić information content (AvgIpc) is 3.40. The Labute approximate surface area is 224 Å². The number of amides is 2. The molecule has 0 unspecified atom stereocenters. The molecule has 0 bridgehead atoms. The average molecular weight is 572 g/mol. The van der Waals surface area contributed by atoms with Crippen LogP contribution in [0.15, 0.2) is 54.6 Å². The summed E-state index contributed by atoms with van der Waals surface area (Å²) in [5, 5.41) is 14.7. The van der Waals surface area contributed by atoms with Gasteiger partial charge in [-0.2, -0.15) is 5.26 Å². The maximum absolute atomic E-state index is 14.2. The summed E-state index contributed by atoms with van der Waals surface area (Å²) in [4.78, 5) is 25.7. The number of nitriles is 1. The second-order valence-corrected chi connectivity index (χ2v) is 10.4. The zero-order valence-electron chi connectivity index (χ0n) is 17.4. The van der Waals surface area contributed by atoms with Crippen molar-refractivity contribution in [1.82, 2.24) is 0 Å². The lowest BCUT2D eigenvalue weighted by atomic mass is 10.1. The lowest BCUT2D eigenvalue weighted by molar-refractivity contribution is -0.117. The highest BCUT2D eigenvalue weighted by Crippen LogP contribution is 2.65. The Bertz CT molecular complexity index is 1410. The van der Waals surface area contributed by atoms with E-state index in [-0.39, 0.29) is 27.5 Å². The second-order valence-electron chi connectivity index (χ2n) is 7.75. The lowest BCUT2D eigenvalue weighted by Crippen LogP contribution is -2.18. The zero-order chi connectivity index (χ0) is 25.5. The van der Waals surface area contributed by atoms with Crippen molar-refractivity contribution >= 4 is 81.2 Å². The van der Waals surface area contributed by atoms with E-state index in [2.05, 4.69) is 10.6 Å². The number of alkyl halides is 2. The highest BCUT2D eigenvalue weighted by Gasteiger charge is 2.67.